The Balaban J connectivity index is 2.31. The molecule has 0 saturated heterocycles. The lowest BCUT2D eigenvalue weighted by molar-refractivity contribution is 0.509. The predicted molar refractivity (Wildman–Crippen MR) is 67.8 cm³/mol. The molecule has 0 saturated carbocycles. The number of anilines is 1. The highest BCUT2D eigenvalue weighted by atomic mass is 35.5. The summed E-state index contributed by atoms with van der Waals surface area (Å²) in [5.74, 6) is -1.78. The molecule has 0 aliphatic rings. The van der Waals surface area contributed by atoms with E-state index in [1.54, 1.807) is 6.07 Å². The molecule has 0 bridgehead atoms. The third-order valence-corrected chi connectivity index (χ3v) is 2.85. The van der Waals surface area contributed by atoms with Gasteiger partial charge in [0.1, 0.15) is 0 Å². The van der Waals surface area contributed by atoms with E-state index in [9.17, 15) is 8.78 Å². The van der Waals surface area contributed by atoms with Gasteiger partial charge in [0.05, 0.1) is 5.02 Å². The van der Waals surface area contributed by atoms with E-state index in [0.717, 1.165) is 12.1 Å². The maximum Gasteiger partial charge on any atom is 0.240 e. The maximum atomic E-state index is 13.3. The number of benzene rings is 1. The molecule has 2 N–H and O–H groups in total. The molecule has 96 valence electrons. The lowest BCUT2D eigenvalue weighted by atomic mass is 10.1. The molecule has 7 heteroatoms. The summed E-state index contributed by atoms with van der Waals surface area (Å²) in [5.41, 5.74) is 6.91. The van der Waals surface area contributed by atoms with Crippen LogP contribution in [0.25, 0.3) is 16.8 Å². The minimum atomic E-state index is -0.942. The third-order valence-electron chi connectivity index (χ3n) is 2.65. The molecule has 0 aliphatic carbocycles. The van der Waals surface area contributed by atoms with Gasteiger partial charge in [-0.2, -0.15) is 4.98 Å². The molecule has 1 aromatic carbocycles. The molecule has 0 spiro atoms. The van der Waals surface area contributed by atoms with Gasteiger partial charge in [0.25, 0.3) is 0 Å². The second-order valence-corrected chi connectivity index (χ2v) is 4.38. The first kappa shape index (κ1) is 11.9. The van der Waals surface area contributed by atoms with E-state index in [-0.39, 0.29) is 5.95 Å². The second kappa shape index (κ2) is 4.17. The van der Waals surface area contributed by atoms with Crippen LogP contribution in [0, 0.1) is 11.6 Å². The van der Waals surface area contributed by atoms with E-state index in [2.05, 4.69) is 10.1 Å². The van der Waals surface area contributed by atoms with Crippen molar-refractivity contribution in [1.29, 1.82) is 0 Å². The standard InChI is InChI=1S/C12H7ClF2N4/c13-7-4-8(6-1-2-9(14)10(15)3-6)11-17-12(16)18-19(11)5-7/h1-5H,(H2,16,18). The number of aromatic nitrogens is 3. The van der Waals surface area contributed by atoms with Crippen LogP contribution in [0.3, 0.4) is 0 Å². The van der Waals surface area contributed by atoms with Crippen molar-refractivity contribution in [2.24, 2.45) is 0 Å². The molecule has 2 aromatic heterocycles. The van der Waals surface area contributed by atoms with E-state index >= 15 is 0 Å². The van der Waals surface area contributed by atoms with Crippen molar-refractivity contribution in [1.82, 2.24) is 14.6 Å². The fourth-order valence-electron chi connectivity index (χ4n) is 1.85. The molecule has 0 fully saturated rings. The molecule has 2 heterocycles. The monoisotopic (exact) mass is 280 g/mol. The van der Waals surface area contributed by atoms with Crippen molar-refractivity contribution in [3.05, 3.63) is 47.1 Å². The van der Waals surface area contributed by atoms with Crippen LogP contribution in [0.5, 0.6) is 0 Å². The first-order valence-corrected chi connectivity index (χ1v) is 5.69. The summed E-state index contributed by atoms with van der Waals surface area (Å²) < 4.78 is 27.6. The highest BCUT2D eigenvalue weighted by Gasteiger charge is 2.12. The van der Waals surface area contributed by atoms with E-state index < -0.39 is 11.6 Å². The Bertz CT molecular complexity index is 785. The van der Waals surface area contributed by atoms with Crippen LogP contribution in [0.2, 0.25) is 5.02 Å². The minimum Gasteiger partial charge on any atom is -0.366 e. The first-order valence-electron chi connectivity index (χ1n) is 5.31. The van der Waals surface area contributed by atoms with Crippen LogP contribution in [-0.4, -0.2) is 14.6 Å². The number of rotatable bonds is 1. The summed E-state index contributed by atoms with van der Waals surface area (Å²) in [6.07, 6.45) is 1.53. The smallest absolute Gasteiger partial charge is 0.240 e. The van der Waals surface area contributed by atoms with Gasteiger partial charge in [-0.1, -0.05) is 17.7 Å². The van der Waals surface area contributed by atoms with Gasteiger partial charge >= 0.3 is 0 Å². The Morgan fingerprint density at radius 3 is 2.68 bits per heavy atom. The number of nitrogens with zero attached hydrogens (tertiary/aromatic N) is 3. The summed E-state index contributed by atoms with van der Waals surface area (Å²) in [4.78, 5) is 4.04. The molecule has 4 nitrogen and oxygen atoms in total. The fourth-order valence-corrected chi connectivity index (χ4v) is 2.05. The topological polar surface area (TPSA) is 56.2 Å². The number of hydrogen-bond acceptors (Lipinski definition) is 3. The molecule has 3 aromatic rings. The zero-order valence-corrected chi connectivity index (χ0v) is 10.2. The molecule has 0 atom stereocenters. The van der Waals surface area contributed by atoms with Crippen molar-refractivity contribution in [2.75, 3.05) is 5.73 Å². The number of nitrogens with two attached hydrogens (primary N) is 1. The van der Waals surface area contributed by atoms with E-state index in [1.165, 1.54) is 16.8 Å². The Labute approximate surface area is 111 Å². The largest absolute Gasteiger partial charge is 0.366 e. The lowest BCUT2D eigenvalue weighted by Crippen LogP contribution is -1.92. The number of pyridine rings is 1. The van der Waals surface area contributed by atoms with Gasteiger partial charge in [-0.05, 0) is 23.8 Å². The second-order valence-electron chi connectivity index (χ2n) is 3.94. The summed E-state index contributed by atoms with van der Waals surface area (Å²) in [7, 11) is 0. The van der Waals surface area contributed by atoms with Crippen LogP contribution < -0.4 is 5.73 Å². The van der Waals surface area contributed by atoms with Crippen LogP contribution in [0.4, 0.5) is 14.7 Å². The lowest BCUT2D eigenvalue weighted by Gasteiger charge is -2.04. The average molecular weight is 281 g/mol. The Morgan fingerprint density at radius 2 is 1.95 bits per heavy atom. The van der Waals surface area contributed by atoms with Gasteiger partial charge in [0.15, 0.2) is 17.3 Å². The SMILES string of the molecule is Nc1nc2c(-c3ccc(F)c(F)c3)cc(Cl)cn2n1. The van der Waals surface area contributed by atoms with Gasteiger partial charge in [-0.15, -0.1) is 5.10 Å². The molecule has 19 heavy (non-hydrogen) atoms. The van der Waals surface area contributed by atoms with Crippen LogP contribution in [-0.2, 0) is 0 Å². The zero-order chi connectivity index (χ0) is 13.6. The van der Waals surface area contributed by atoms with Gasteiger partial charge in [0, 0.05) is 11.8 Å². The average Bonchev–Trinajstić information content (AvgIpc) is 2.72. The number of fused-ring (bicyclic) bond motifs is 1. The number of halogens is 3. The molecule has 0 amide bonds. The molecule has 0 unspecified atom stereocenters. The van der Waals surface area contributed by atoms with E-state index in [0.29, 0.717) is 21.8 Å². The Kier molecular flexibility index (Phi) is 2.60. The normalized spacial score (nSPS) is 11.1. The summed E-state index contributed by atoms with van der Waals surface area (Å²) in [6, 6.07) is 5.15. The quantitative estimate of drug-likeness (QED) is 0.746. The van der Waals surface area contributed by atoms with Crippen LogP contribution in [0.1, 0.15) is 0 Å². The maximum absolute atomic E-state index is 13.3. The Morgan fingerprint density at radius 1 is 1.16 bits per heavy atom. The third kappa shape index (κ3) is 2.00. The van der Waals surface area contributed by atoms with Crippen molar-refractivity contribution in [3.8, 4) is 11.1 Å². The Hall–Kier alpha value is -2.21. The summed E-state index contributed by atoms with van der Waals surface area (Å²) in [6.45, 7) is 0. The van der Waals surface area contributed by atoms with E-state index in [4.69, 9.17) is 17.3 Å². The van der Waals surface area contributed by atoms with Gasteiger partial charge in [-0.25, -0.2) is 13.3 Å². The molecule has 0 aliphatic heterocycles. The van der Waals surface area contributed by atoms with Gasteiger partial charge in [-0.3, -0.25) is 0 Å². The number of hydrogen-bond donors (Lipinski definition) is 1. The zero-order valence-electron chi connectivity index (χ0n) is 9.44. The summed E-state index contributed by atoms with van der Waals surface area (Å²) in [5, 5.41) is 4.32. The van der Waals surface area contributed by atoms with Crippen molar-refractivity contribution < 1.29 is 8.78 Å². The molecule has 3 rings (SSSR count). The van der Waals surface area contributed by atoms with Crippen LogP contribution >= 0.6 is 11.6 Å². The molecular weight excluding hydrogens is 274 g/mol. The molecule has 0 radical (unpaired) electrons. The van der Waals surface area contributed by atoms with Gasteiger partial charge < -0.3 is 5.73 Å². The highest BCUT2D eigenvalue weighted by Crippen LogP contribution is 2.28. The number of nitrogen functional groups attached to an aromatic ring is 1. The van der Waals surface area contributed by atoms with Gasteiger partial charge in [0.2, 0.25) is 5.95 Å². The van der Waals surface area contributed by atoms with Crippen molar-refractivity contribution in [3.63, 3.8) is 0 Å². The van der Waals surface area contributed by atoms with E-state index in [1.807, 2.05) is 0 Å². The fraction of sp³-hybridized carbons (Fsp3) is 0. The van der Waals surface area contributed by atoms with Crippen LogP contribution in [0.15, 0.2) is 30.5 Å². The predicted octanol–water partition coefficient (Wildman–Crippen LogP) is 2.91. The van der Waals surface area contributed by atoms with Crippen molar-refractivity contribution in [2.45, 2.75) is 0 Å². The summed E-state index contributed by atoms with van der Waals surface area (Å²) >= 11 is 5.96. The van der Waals surface area contributed by atoms with Crippen molar-refractivity contribution >= 4 is 23.2 Å². The first-order chi connectivity index (χ1) is 9.04. The minimum absolute atomic E-state index is 0.0751. The molecular formula is C12H7ClF2N4. The highest BCUT2D eigenvalue weighted by molar-refractivity contribution is 6.30.